The molecule has 0 unspecified atom stereocenters. The number of amides is 2. The van der Waals surface area contributed by atoms with Crippen LogP contribution in [-0.2, 0) is 4.79 Å². The third-order valence-corrected chi connectivity index (χ3v) is 5.94. The molecule has 4 aromatic rings. The van der Waals surface area contributed by atoms with Gasteiger partial charge in [-0.25, -0.2) is 9.97 Å². The van der Waals surface area contributed by atoms with Gasteiger partial charge < -0.3 is 25.8 Å². The van der Waals surface area contributed by atoms with E-state index < -0.39 is 0 Å². The molecular weight excluding hydrogens is 442 g/mol. The van der Waals surface area contributed by atoms with Crippen molar-refractivity contribution in [3.8, 4) is 11.3 Å². The number of nitrogens with zero attached hydrogens (tertiary/aromatic N) is 3. The summed E-state index contributed by atoms with van der Waals surface area (Å²) < 4.78 is 0. The van der Waals surface area contributed by atoms with Gasteiger partial charge in [-0.3, -0.25) is 9.59 Å². The van der Waals surface area contributed by atoms with Gasteiger partial charge in [0.15, 0.2) is 0 Å². The fourth-order valence-corrected chi connectivity index (χ4v) is 4.13. The number of hydrogen-bond donors (Lipinski definition) is 4. The van der Waals surface area contributed by atoms with Crippen molar-refractivity contribution in [2.45, 2.75) is 0 Å². The van der Waals surface area contributed by atoms with E-state index in [2.05, 4.69) is 37.5 Å². The minimum absolute atomic E-state index is 0.0742. The van der Waals surface area contributed by atoms with Crippen LogP contribution in [0.1, 0.15) is 10.4 Å². The maximum absolute atomic E-state index is 12.8. The van der Waals surface area contributed by atoms with Crippen LogP contribution in [0.2, 0.25) is 0 Å². The highest BCUT2D eigenvalue weighted by Crippen LogP contribution is 2.29. The summed E-state index contributed by atoms with van der Waals surface area (Å²) in [6.45, 7) is 6.93. The molecule has 2 aromatic carbocycles. The Balaban J connectivity index is 1.37. The largest absolute Gasteiger partial charge is 0.343 e. The molecule has 5 N–H and O–H groups in total. The minimum atomic E-state index is -0.274. The highest BCUT2D eigenvalue weighted by atomic mass is 16.2. The molecular formula is C26H26N7O2+. The molecule has 9 nitrogen and oxygen atoms in total. The number of hydrogen-bond acceptors (Lipinski definition) is 5. The first kappa shape index (κ1) is 22.3. The lowest BCUT2D eigenvalue weighted by Gasteiger charge is -2.25. The van der Waals surface area contributed by atoms with E-state index in [1.165, 1.54) is 12.4 Å². The van der Waals surface area contributed by atoms with Gasteiger partial charge >= 0.3 is 0 Å². The predicted molar refractivity (Wildman–Crippen MR) is 135 cm³/mol. The van der Waals surface area contributed by atoms with E-state index in [9.17, 15) is 9.59 Å². The van der Waals surface area contributed by atoms with Crippen molar-refractivity contribution in [3.63, 3.8) is 0 Å². The van der Waals surface area contributed by atoms with Gasteiger partial charge in [0.25, 0.3) is 5.91 Å². The predicted octanol–water partition coefficient (Wildman–Crippen LogP) is 2.51. The molecule has 2 amide bonds. The quantitative estimate of drug-likeness (QED) is 0.324. The van der Waals surface area contributed by atoms with Crippen molar-refractivity contribution in [2.24, 2.45) is 0 Å². The molecule has 35 heavy (non-hydrogen) atoms. The summed E-state index contributed by atoms with van der Waals surface area (Å²) >= 11 is 0. The number of aromatic nitrogens is 3. The molecule has 5 rings (SSSR count). The number of fused-ring (bicyclic) bond motifs is 1. The summed E-state index contributed by atoms with van der Waals surface area (Å²) in [6, 6.07) is 17.0. The van der Waals surface area contributed by atoms with Crippen molar-refractivity contribution >= 4 is 40.0 Å². The van der Waals surface area contributed by atoms with E-state index in [0.29, 0.717) is 22.7 Å². The second-order valence-corrected chi connectivity index (χ2v) is 8.30. The molecule has 0 radical (unpaired) electrons. The molecule has 1 saturated heterocycles. The highest BCUT2D eigenvalue weighted by molar-refractivity contribution is 5.99. The van der Waals surface area contributed by atoms with Gasteiger partial charge in [0.2, 0.25) is 5.91 Å². The summed E-state index contributed by atoms with van der Waals surface area (Å²) in [5, 5.41) is 9.11. The van der Waals surface area contributed by atoms with Crippen molar-refractivity contribution < 1.29 is 14.9 Å². The smallest absolute Gasteiger partial charge is 0.254 e. The van der Waals surface area contributed by atoms with Crippen LogP contribution in [-0.4, -0.2) is 57.8 Å². The van der Waals surface area contributed by atoms with Crippen LogP contribution in [0.5, 0.6) is 0 Å². The zero-order valence-corrected chi connectivity index (χ0v) is 19.1. The molecule has 0 spiro atoms. The maximum atomic E-state index is 12.8. The Morgan fingerprint density at radius 3 is 2.57 bits per heavy atom. The molecule has 1 aliphatic rings. The number of carbonyl (C=O) groups is 2. The Hall–Kier alpha value is -4.50. The van der Waals surface area contributed by atoms with Crippen LogP contribution < -0.4 is 16.0 Å². The molecule has 1 aliphatic heterocycles. The van der Waals surface area contributed by atoms with E-state index >= 15 is 0 Å². The first-order valence-corrected chi connectivity index (χ1v) is 11.5. The standard InChI is InChI=1S/C26H25N7O2/c1-2-23(34)30-19-4-3-5-20(14-19)31-24-21-15-22(32-25(21)29-16-28-24)17-6-8-18(9-7-17)26(35)33-12-10-27-11-13-33/h2-9,14-16,27H,1,10-13H2,(H,30,34)(H2,28,29,31,32)/p+1. The Kier molecular flexibility index (Phi) is 6.23. The number of quaternary nitrogens is 1. The molecule has 0 atom stereocenters. The van der Waals surface area contributed by atoms with E-state index in [1.807, 2.05) is 53.4 Å². The van der Waals surface area contributed by atoms with Gasteiger partial charge in [-0.05, 0) is 48.0 Å². The summed E-state index contributed by atoms with van der Waals surface area (Å²) in [6.07, 6.45) is 2.72. The lowest BCUT2D eigenvalue weighted by molar-refractivity contribution is -0.661. The van der Waals surface area contributed by atoms with Crippen molar-refractivity contribution in [1.29, 1.82) is 0 Å². The monoisotopic (exact) mass is 468 g/mol. The third-order valence-electron chi connectivity index (χ3n) is 5.94. The number of carbonyl (C=O) groups excluding carboxylic acids is 2. The highest BCUT2D eigenvalue weighted by Gasteiger charge is 2.19. The van der Waals surface area contributed by atoms with E-state index in [-0.39, 0.29) is 11.8 Å². The van der Waals surface area contributed by atoms with Gasteiger partial charge in [0.1, 0.15) is 17.8 Å². The van der Waals surface area contributed by atoms with Crippen LogP contribution >= 0.6 is 0 Å². The Morgan fingerprint density at radius 2 is 1.80 bits per heavy atom. The molecule has 3 heterocycles. The normalized spacial score (nSPS) is 13.4. The number of nitrogens with two attached hydrogens (primary N) is 1. The molecule has 1 fully saturated rings. The van der Waals surface area contributed by atoms with Crippen LogP contribution in [0.3, 0.4) is 0 Å². The van der Waals surface area contributed by atoms with E-state index in [0.717, 1.165) is 48.5 Å². The average Bonchev–Trinajstić information content (AvgIpc) is 3.34. The lowest BCUT2D eigenvalue weighted by Crippen LogP contribution is -2.89. The van der Waals surface area contributed by atoms with Crippen molar-refractivity contribution in [2.75, 3.05) is 36.8 Å². The van der Waals surface area contributed by atoms with Gasteiger partial charge in [-0.2, -0.15) is 0 Å². The van der Waals surface area contributed by atoms with Gasteiger partial charge in [0.05, 0.1) is 31.6 Å². The summed E-state index contributed by atoms with van der Waals surface area (Å²) in [5.41, 5.74) is 4.63. The fourth-order valence-electron chi connectivity index (χ4n) is 4.13. The maximum Gasteiger partial charge on any atom is 0.254 e. The van der Waals surface area contributed by atoms with Gasteiger partial charge in [-0.1, -0.05) is 24.8 Å². The Labute approximate surface area is 202 Å². The van der Waals surface area contributed by atoms with Crippen LogP contribution in [0.25, 0.3) is 22.3 Å². The van der Waals surface area contributed by atoms with E-state index in [1.54, 1.807) is 6.07 Å². The Bertz CT molecular complexity index is 1390. The zero-order chi connectivity index (χ0) is 24.2. The Morgan fingerprint density at radius 1 is 1.03 bits per heavy atom. The fraction of sp³-hybridized carbons (Fsp3) is 0.154. The van der Waals surface area contributed by atoms with Gasteiger partial charge in [0, 0.05) is 22.6 Å². The number of benzene rings is 2. The first-order chi connectivity index (χ1) is 17.1. The number of anilines is 3. The molecule has 2 aromatic heterocycles. The average molecular weight is 469 g/mol. The third kappa shape index (κ3) is 4.90. The topological polar surface area (TPSA) is 120 Å². The summed E-state index contributed by atoms with van der Waals surface area (Å²) in [7, 11) is 0. The van der Waals surface area contributed by atoms with Crippen molar-refractivity contribution in [3.05, 3.63) is 79.1 Å². The SMILES string of the molecule is C=CC(=O)Nc1cccc(Nc2ncnc3[nH]c(-c4ccc(C(=O)N5CC[NH2+]CC5)cc4)cc23)c1. The van der Waals surface area contributed by atoms with Crippen LogP contribution in [0.4, 0.5) is 17.2 Å². The molecule has 0 bridgehead atoms. The second kappa shape index (κ2) is 9.78. The number of aromatic amines is 1. The minimum Gasteiger partial charge on any atom is -0.343 e. The number of H-pyrrole nitrogens is 1. The molecule has 9 heteroatoms. The number of piperazine rings is 1. The summed E-state index contributed by atoms with van der Waals surface area (Å²) in [4.78, 5) is 38.4. The lowest BCUT2D eigenvalue weighted by atomic mass is 10.1. The first-order valence-electron chi connectivity index (χ1n) is 11.5. The zero-order valence-electron chi connectivity index (χ0n) is 19.1. The number of rotatable bonds is 6. The van der Waals surface area contributed by atoms with Gasteiger partial charge in [-0.15, -0.1) is 0 Å². The van der Waals surface area contributed by atoms with Crippen LogP contribution in [0, 0.1) is 0 Å². The molecule has 176 valence electrons. The molecule has 0 saturated carbocycles. The molecule has 0 aliphatic carbocycles. The van der Waals surface area contributed by atoms with E-state index in [4.69, 9.17) is 0 Å². The summed E-state index contributed by atoms with van der Waals surface area (Å²) in [5.74, 6) is 0.438. The van der Waals surface area contributed by atoms with Crippen molar-refractivity contribution in [1.82, 2.24) is 19.9 Å². The number of nitrogens with one attached hydrogen (secondary N) is 3. The van der Waals surface area contributed by atoms with Crippen LogP contribution in [0.15, 0.2) is 73.6 Å². The second-order valence-electron chi connectivity index (χ2n) is 8.30.